The summed E-state index contributed by atoms with van der Waals surface area (Å²) in [6.45, 7) is 3.27. The molecule has 0 aromatic carbocycles. The summed E-state index contributed by atoms with van der Waals surface area (Å²) in [5.74, 6) is -1.42. The van der Waals surface area contributed by atoms with Gasteiger partial charge in [-0.15, -0.1) is 0 Å². The molecule has 0 heterocycles. The highest BCUT2D eigenvalue weighted by molar-refractivity contribution is 7.98. The van der Waals surface area contributed by atoms with Gasteiger partial charge in [0.25, 0.3) is 0 Å². The second-order valence-electron chi connectivity index (χ2n) is 6.71. The first-order valence-electron chi connectivity index (χ1n) is 9.51. The van der Waals surface area contributed by atoms with E-state index < -0.39 is 48.4 Å². The first-order chi connectivity index (χ1) is 13.7. The van der Waals surface area contributed by atoms with E-state index in [4.69, 9.17) is 10.8 Å². The molecule has 11 heteroatoms. The number of carbonyl (C=O) groups is 4. The van der Waals surface area contributed by atoms with Crippen molar-refractivity contribution in [1.29, 1.82) is 0 Å². The fraction of sp³-hybridized carbons (Fsp3) is 0.778. The van der Waals surface area contributed by atoms with Crippen molar-refractivity contribution in [3.63, 3.8) is 0 Å². The number of amides is 3. The van der Waals surface area contributed by atoms with Crippen molar-refractivity contribution in [3.05, 3.63) is 0 Å². The largest absolute Gasteiger partial charge is 0.480 e. The van der Waals surface area contributed by atoms with Crippen molar-refractivity contribution >= 4 is 47.2 Å². The van der Waals surface area contributed by atoms with Gasteiger partial charge < -0.3 is 26.8 Å². The van der Waals surface area contributed by atoms with Crippen molar-refractivity contribution in [1.82, 2.24) is 16.0 Å². The molecule has 0 bridgehead atoms. The Morgan fingerprint density at radius 2 is 1.41 bits per heavy atom. The molecule has 0 rings (SSSR count). The Morgan fingerprint density at radius 3 is 1.86 bits per heavy atom. The Kier molecular flexibility index (Phi) is 14.6. The third-order valence-electron chi connectivity index (χ3n) is 4.46. The van der Waals surface area contributed by atoms with Crippen LogP contribution < -0.4 is 21.7 Å². The predicted molar refractivity (Wildman–Crippen MR) is 118 cm³/mol. The van der Waals surface area contributed by atoms with Crippen LogP contribution in [0.2, 0.25) is 0 Å². The first kappa shape index (κ1) is 27.5. The van der Waals surface area contributed by atoms with Gasteiger partial charge in [0.2, 0.25) is 17.7 Å². The summed E-state index contributed by atoms with van der Waals surface area (Å²) in [5.41, 5.74) is 5.96. The van der Waals surface area contributed by atoms with Crippen LogP contribution in [0.4, 0.5) is 0 Å². The van der Waals surface area contributed by atoms with Gasteiger partial charge in [0.15, 0.2) is 0 Å². The van der Waals surface area contributed by atoms with E-state index in [0.717, 1.165) is 6.42 Å². The quantitative estimate of drug-likeness (QED) is 0.235. The van der Waals surface area contributed by atoms with Crippen LogP contribution in [0.15, 0.2) is 0 Å². The molecule has 0 aliphatic carbocycles. The Labute approximate surface area is 181 Å². The van der Waals surface area contributed by atoms with E-state index in [9.17, 15) is 19.2 Å². The van der Waals surface area contributed by atoms with Crippen molar-refractivity contribution in [3.8, 4) is 0 Å². The fourth-order valence-corrected chi connectivity index (χ4v) is 3.29. The Balaban J connectivity index is 5.17. The average molecular weight is 451 g/mol. The lowest BCUT2D eigenvalue weighted by molar-refractivity contribution is -0.138. The van der Waals surface area contributed by atoms with Crippen molar-refractivity contribution in [2.75, 3.05) is 30.6 Å². The van der Waals surface area contributed by atoms with Gasteiger partial charge >= 0.3 is 5.97 Å². The molecule has 6 N–H and O–H groups in total. The number of aliphatic carboxylic acids is 1. The minimum atomic E-state index is -1.17. The molecule has 0 aromatic heterocycles. The number of nitrogens with two attached hydrogens (primary N) is 1. The van der Waals surface area contributed by atoms with Crippen LogP contribution in [-0.2, 0) is 19.2 Å². The van der Waals surface area contributed by atoms with Crippen LogP contribution in [0.25, 0.3) is 0 Å². The van der Waals surface area contributed by atoms with E-state index in [1.807, 2.05) is 26.4 Å². The Morgan fingerprint density at radius 1 is 0.931 bits per heavy atom. The van der Waals surface area contributed by atoms with Crippen molar-refractivity contribution in [2.45, 2.75) is 51.2 Å². The normalized spacial score (nSPS) is 14.9. The fourth-order valence-electron chi connectivity index (χ4n) is 2.35. The minimum Gasteiger partial charge on any atom is -0.480 e. The number of rotatable bonds is 15. The van der Waals surface area contributed by atoms with E-state index in [-0.39, 0.29) is 5.92 Å². The van der Waals surface area contributed by atoms with E-state index in [0.29, 0.717) is 24.3 Å². The summed E-state index contributed by atoms with van der Waals surface area (Å²) >= 11 is 3.04. The third-order valence-corrected chi connectivity index (χ3v) is 5.75. The molecule has 0 saturated heterocycles. The first-order valence-corrected chi connectivity index (χ1v) is 12.3. The van der Waals surface area contributed by atoms with Gasteiger partial charge in [-0.25, -0.2) is 0 Å². The molecule has 0 fully saturated rings. The maximum absolute atomic E-state index is 12.8. The van der Waals surface area contributed by atoms with Gasteiger partial charge in [-0.1, -0.05) is 20.3 Å². The zero-order chi connectivity index (χ0) is 22.4. The van der Waals surface area contributed by atoms with Gasteiger partial charge in [0, 0.05) is 0 Å². The topological polar surface area (TPSA) is 151 Å². The number of carbonyl (C=O) groups excluding carboxylic acids is 3. The molecule has 0 aromatic rings. The lowest BCUT2D eigenvalue weighted by Gasteiger charge is -2.25. The summed E-state index contributed by atoms with van der Waals surface area (Å²) in [7, 11) is 0. The summed E-state index contributed by atoms with van der Waals surface area (Å²) in [5, 5.41) is 16.4. The minimum absolute atomic E-state index is 0.0321. The number of hydrogen-bond donors (Lipinski definition) is 5. The SMILES string of the molecule is CCC(C)C(N)C(=O)NC(CCSC)C(=O)NC(CCSC)C(=O)NCC(=O)O. The molecule has 0 aliphatic heterocycles. The second kappa shape index (κ2) is 15.4. The van der Waals surface area contributed by atoms with Gasteiger partial charge in [0.05, 0.1) is 6.04 Å². The number of nitrogens with one attached hydrogen (secondary N) is 3. The molecular weight excluding hydrogens is 416 g/mol. The molecule has 4 unspecified atom stereocenters. The molecule has 0 radical (unpaired) electrons. The van der Waals surface area contributed by atoms with E-state index in [1.54, 1.807) is 0 Å². The molecular formula is C18H34N4O5S2. The maximum atomic E-state index is 12.8. The van der Waals surface area contributed by atoms with Gasteiger partial charge in [-0.05, 0) is 42.8 Å². The van der Waals surface area contributed by atoms with Crippen LogP contribution in [0.3, 0.4) is 0 Å². The number of thioether (sulfide) groups is 2. The number of hydrogen-bond acceptors (Lipinski definition) is 7. The molecule has 0 spiro atoms. The molecule has 29 heavy (non-hydrogen) atoms. The van der Waals surface area contributed by atoms with Crippen LogP contribution in [0.1, 0.15) is 33.1 Å². The zero-order valence-corrected chi connectivity index (χ0v) is 19.2. The van der Waals surface area contributed by atoms with Crippen LogP contribution in [0, 0.1) is 5.92 Å². The Bertz CT molecular complexity index is 550. The second-order valence-corrected chi connectivity index (χ2v) is 8.68. The predicted octanol–water partition coefficient (Wildman–Crippen LogP) is 0.0364. The molecule has 9 nitrogen and oxygen atoms in total. The smallest absolute Gasteiger partial charge is 0.322 e. The van der Waals surface area contributed by atoms with Crippen molar-refractivity contribution < 1.29 is 24.3 Å². The highest BCUT2D eigenvalue weighted by Crippen LogP contribution is 2.08. The van der Waals surface area contributed by atoms with Crippen LogP contribution in [-0.4, -0.2) is 77.5 Å². The van der Waals surface area contributed by atoms with E-state index in [2.05, 4.69) is 16.0 Å². The van der Waals surface area contributed by atoms with Crippen LogP contribution in [0.5, 0.6) is 0 Å². The standard InChI is InChI=1S/C18H34N4O5S2/c1-5-11(2)15(19)18(27)22-13(7-9-29-4)17(26)21-12(6-8-28-3)16(25)20-10-14(23)24/h11-13,15H,5-10,19H2,1-4H3,(H,20,25)(H,21,26)(H,22,27)(H,23,24). The average Bonchev–Trinajstić information content (AvgIpc) is 2.70. The summed E-state index contributed by atoms with van der Waals surface area (Å²) in [6.07, 6.45) is 5.22. The van der Waals surface area contributed by atoms with E-state index in [1.165, 1.54) is 23.5 Å². The van der Waals surface area contributed by atoms with Crippen LogP contribution >= 0.6 is 23.5 Å². The lowest BCUT2D eigenvalue weighted by atomic mass is 9.99. The van der Waals surface area contributed by atoms with E-state index >= 15 is 0 Å². The van der Waals surface area contributed by atoms with Gasteiger partial charge in [-0.2, -0.15) is 23.5 Å². The zero-order valence-electron chi connectivity index (χ0n) is 17.5. The van der Waals surface area contributed by atoms with Gasteiger partial charge in [-0.3, -0.25) is 19.2 Å². The highest BCUT2D eigenvalue weighted by Gasteiger charge is 2.29. The van der Waals surface area contributed by atoms with Crippen molar-refractivity contribution in [2.24, 2.45) is 11.7 Å². The third kappa shape index (κ3) is 11.3. The molecule has 0 saturated carbocycles. The molecule has 4 atom stereocenters. The van der Waals surface area contributed by atoms with Gasteiger partial charge in [0.1, 0.15) is 18.6 Å². The Hall–Kier alpha value is -1.46. The molecule has 168 valence electrons. The lowest BCUT2D eigenvalue weighted by Crippen LogP contribution is -2.57. The summed E-state index contributed by atoms with van der Waals surface area (Å²) in [4.78, 5) is 48.2. The summed E-state index contributed by atoms with van der Waals surface area (Å²) < 4.78 is 0. The highest BCUT2D eigenvalue weighted by atomic mass is 32.2. The number of carboxylic acids is 1. The number of carboxylic acid groups (broad SMARTS) is 1. The monoisotopic (exact) mass is 450 g/mol. The summed E-state index contributed by atoms with van der Waals surface area (Å²) in [6, 6.07) is -2.43. The maximum Gasteiger partial charge on any atom is 0.322 e. The molecule has 0 aliphatic rings. The molecule has 3 amide bonds.